The molecule has 2 heterocycles. The van der Waals surface area contributed by atoms with E-state index in [0.717, 1.165) is 37.1 Å². The van der Waals surface area contributed by atoms with Crippen molar-refractivity contribution >= 4 is 21.8 Å². The van der Waals surface area contributed by atoms with Crippen LogP contribution in [0.25, 0.3) is 0 Å². The van der Waals surface area contributed by atoms with Crippen molar-refractivity contribution in [3.8, 4) is 0 Å². The van der Waals surface area contributed by atoms with E-state index in [1.165, 1.54) is 12.8 Å². The molecule has 0 aliphatic carbocycles. The Morgan fingerprint density at radius 2 is 2.33 bits per heavy atom. The van der Waals surface area contributed by atoms with Crippen molar-refractivity contribution < 1.29 is 5.11 Å². The number of alkyl halides is 1. The smallest absolute Gasteiger partial charge is 0.147 e. The number of hydrazone groups is 1. The molecule has 0 radical (unpaired) electrons. The Bertz CT molecular complexity index is 247. The van der Waals surface area contributed by atoms with Gasteiger partial charge in [-0.2, -0.15) is 5.10 Å². The SMILES string of the molecule is OC1CN(CCCBr)N=C2CCCCN21. The highest BCUT2D eigenvalue weighted by atomic mass is 79.9. The Kier molecular flexibility index (Phi) is 3.86. The van der Waals surface area contributed by atoms with E-state index < -0.39 is 0 Å². The Morgan fingerprint density at radius 1 is 1.47 bits per heavy atom. The van der Waals surface area contributed by atoms with E-state index in [0.29, 0.717) is 6.54 Å². The molecule has 0 bridgehead atoms. The standard InChI is InChI=1S/C10H18BrN3O/c11-5-3-6-13-8-10(15)14-7-2-1-4-9(14)12-13/h10,15H,1-8H2. The monoisotopic (exact) mass is 275 g/mol. The molecule has 0 aromatic rings. The number of aliphatic hydroxyl groups excluding tert-OH is 1. The molecule has 0 aromatic carbocycles. The first-order chi connectivity index (χ1) is 7.31. The molecule has 0 spiro atoms. The summed E-state index contributed by atoms with van der Waals surface area (Å²) >= 11 is 3.41. The van der Waals surface area contributed by atoms with E-state index in [2.05, 4.69) is 21.0 Å². The molecule has 2 rings (SSSR count). The molecule has 5 heteroatoms. The van der Waals surface area contributed by atoms with Gasteiger partial charge in [0.2, 0.25) is 0 Å². The molecule has 1 saturated heterocycles. The summed E-state index contributed by atoms with van der Waals surface area (Å²) in [5.41, 5.74) is 0. The first-order valence-electron chi connectivity index (χ1n) is 5.64. The summed E-state index contributed by atoms with van der Waals surface area (Å²) in [6.45, 7) is 2.54. The molecule has 0 saturated carbocycles. The van der Waals surface area contributed by atoms with Crippen LogP contribution >= 0.6 is 15.9 Å². The minimum Gasteiger partial charge on any atom is -0.372 e. The minimum absolute atomic E-state index is 0.354. The van der Waals surface area contributed by atoms with Gasteiger partial charge in [-0.05, 0) is 19.3 Å². The lowest BCUT2D eigenvalue weighted by Crippen LogP contribution is -2.52. The molecule has 1 unspecified atom stereocenters. The van der Waals surface area contributed by atoms with Crippen molar-refractivity contribution in [3.63, 3.8) is 0 Å². The molecule has 15 heavy (non-hydrogen) atoms. The van der Waals surface area contributed by atoms with Gasteiger partial charge in [0.25, 0.3) is 0 Å². The molecule has 0 aromatic heterocycles. The van der Waals surface area contributed by atoms with Crippen molar-refractivity contribution in [2.45, 2.75) is 31.9 Å². The number of fused-ring (bicyclic) bond motifs is 1. The third kappa shape index (κ3) is 2.64. The number of aliphatic hydroxyl groups is 1. The van der Waals surface area contributed by atoms with Gasteiger partial charge in [0.05, 0.1) is 6.54 Å². The van der Waals surface area contributed by atoms with Crippen LogP contribution in [0, 0.1) is 0 Å². The zero-order valence-electron chi connectivity index (χ0n) is 8.90. The van der Waals surface area contributed by atoms with Crippen LogP contribution in [0.3, 0.4) is 0 Å². The lowest BCUT2D eigenvalue weighted by Gasteiger charge is -2.41. The second kappa shape index (κ2) is 5.16. The normalized spacial score (nSPS) is 26.3. The fraction of sp³-hybridized carbons (Fsp3) is 0.900. The van der Waals surface area contributed by atoms with Crippen molar-refractivity contribution in [2.24, 2.45) is 5.10 Å². The van der Waals surface area contributed by atoms with E-state index >= 15 is 0 Å². The summed E-state index contributed by atoms with van der Waals surface area (Å²) < 4.78 is 0. The summed E-state index contributed by atoms with van der Waals surface area (Å²) in [4.78, 5) is 2.05. The first kappa shape index (κ1) is 11.2. The van der Waals surface area contributed by atoms with Crippen molar-refractivity contribution in [3.05, 3.63) is 0 Å². The van der Waals surface area contributed by atoms with Gasteiger partial charge in [-0.25, -0.2) is 0 Å². The number of hydrogen-bond acceptors (Lipinski definition) is 4. The molecular formula is C10H18BrN3O. The second-order valence-electron chi connectivity index (χ2n) is 4.10. The van der Waals surface area contributed by atoms with Crippen molar-refractivity contribution in [1.82, 2.24) is 9.91 Å². The molecule has 1 atom stereocenters. The predicted molar refractivity (Wildman–Crippen MR) is 64.0 cm³/mol. The quantitative estimate of drug-likeness (QED) is 0.787. The lowest BCUT2D eigenvalue weighted by atomic mass is 10.1. The van der Waals surface area contributed by atoms with Gasteiger partial charge in [0.15, 0.2) is 0 Å². The number of halogens is 1. The third-order valence-electron chi connectivity index (χ3n) is 2.92. The lowest BCUT2D eigenvalue weighted by molar-refractivity contribution is -0.00292. The van der Waals surface area contributed by atoms with E-state index in [1.54, 1.807) is 0 Å². The molecule has 4 nitrogen and oxygen atoms in total. The van der Waals surface area contributed by atoms with Crippen LogP contribution in [0.4, 0.5) is 0 Å². The van der Waals surface area contributed by atoms with Gasteiger partial charge in [0, 0.05) is 24.8 Å². The summed E-state index contributed by atoms with van der Waals surface area (Å²) in [7, 11) is 0. The average molecular weight is 276 g/mol. The molecular weight excluding hydrogens is 258 g/mol. The van der Waals surface area contributed by atoms with Crippen LogP contribution in [0.2, 0.25) is 0 Å². The highest BCUT2D eigenvalue weighted by Crippen LogP contribution is 2.19. The van der Waals surface area contributed by atoms with Crippen LogP contribution < -0.4 is 0 Å². The zero-order valence-corrected chi connectivity index (χ0v) is 10.5. The topological polar surface area (TPSA) is 39.1 Å². The van der Waals surface area contributed by atoms with Gasteiger partial charge in [-0.3, -0.25) is 5.01 Å². The molecule has 1 fully saturated rings. The van der Waals surface area contributed by atoms with Gasteiger partial charge in [-0.1, -0.05) is 15.9 Å². The molecule has 1 N–H and O–H groups in total. The summed E-state index contributed by atoms with van der Waals surface area (Å²) in [6, 6.07) is 0. The number of hydrogen-bond donors (Lipinski definition) is 1. The maximum atomic E-state index is 9.97. The Balaban J connectivity index is 1.99. The van der Waals surface area contributed by atoms with Crippen LogP contribution in [0.1, 0.15) is 25.7 Å². The van der Waals surface area contributed by atoms with Crippen LogP contribution in [0.15, 0.2) is 5.10 Å². The fourth-order valence-electron chi connectivity index (χ4n) is 2.14. The average Bonchev–Trinajstić information content (AvgIpc) is 2.26. The number of nitrogens with zero attached hydrogens (tertiary/aromatic N) is 3. The number of amidine groups is 1. The Morgan fingerprint density at radius 3 is 3.13 bits per heavy atom. The van der Waals surface area contributed by atoms with Gasteiger partial charge in [-0.15, -0.1) is 0 Å². The molecule has 2 aliphatic rings. The second-order valence-corrected chi connectivity index (χ2v) is 4.90. The number of β-amino-alcohol motifs (C(OH)–C–C–N with tert-alkyl or cyclic N) is 1. The van der Waals surface area contributed by atoms with Crippen molar-refractivity contribution in [2.75, 3.05) is 25.0 Å². The maximum Gasteiger partial charge on any atom is 0.147 e. The van der Waals surface area contributed by atoms with E-state index in [-0.39, 0.29) is 6.23 Å². The number of rotatable bonds is 3. The molecule has 0 amide bonds. The summed E-state index contributed by atoms with van der Waals surface area (Å²) in [6.07, 6.45) is 4.12. The summed E-state index contributed by atoms with van der Waals surface area (Å²) in [5.74, 6) is 1.08. The first-order valence-corrected chi connectivity index (χ1v) is 6.76. The molecule has 86 valence electrons. The van der Waals surface area contributed by atoms with Gasteiger partial charge in [0.1, 0.15) is 12.1 Å². The third-order valence-corrected chi connectivity index (χ3v) is 3.48. The van der Waals surface area contributed by atoms with Crippen LogP contribution in [0.5, 0.6) is 0 Å². The van der Waals surface area contributed by atoms with Crippen LogP contribution in [-0.4, -0.2) is 52.0 Å². The Labute approximate surface area is 99.1 Å². The highest BCUT2D eigenvalue weighted by molar-refractivity contribution is 9.09. The maximum absolute atomic E-state index is 9.97. The van der Waals surface area contributed by atoms with E-state index in [9.17, 15) is 5.11 Å². The van der Waals surface area contributed by atoms with E-state index in [1.807, 2.05) is 9.91 Å². The fourth-order valence-corrected chi connectivity index (χ4v) is 2.39. The highest BCUT2D eigenvalue weighted by Gasteiger charge is 2.28. The molecule has 2 aliphatic heterocycles. The van der Waals surface area contributed by atoms with Gasteiger partial charge >= 0.3 is 0 Å². The minimum atomic E-state index is -0.354. The van der Waals surface area contributed by atoms with E-state index in [4.69, 9.17) is 0 Å². The van der Waals surface area contributed by atoms with Crippen molar-refractivity contribution in [1.29, 1.82) is 0 Å². The van der Waals surface area contributed by atoms with Crippen LogP contribution in [-0.2, 0) is 0 Å². The summed E-state index contributed by atoms with van der Waals surface area (Å²) in [5, 5.41) is 17.5. The zero-order chi connectivity index (χ0) is 10.7. The number of piperidine rings is 1. The largest absolute Gasteiger partial charge is 0.372 e. The van der Waals surface area contributed by atoms with Gasteiger partial charge < -0.3 is 10.0 Å². The Hall–Kier alpha value is -0.290. The predicted octanol–water partition coefficient (Wildman–Crippen LogP) is 1.20.